The first-order chi connectivity index (χ1) is 18.0. The molecule has 0 aromatic heterocycles. The summed E-state index contributed by atoms with van der Waals surface area (Å²) in [6, 6.07) is 27.6. The molecule has 2 amide bonds. The number of allylic oxidation sites excluding steroid dienone is 3. The maximum absolute atomic E-state index is 14.8. The predicted molar refractivity (Wildman–Crippen MR) is 147 cm³/mol. The molecule has 37 heavy (non-hydrogen) atoms. The number of imide groups is 1. The summed E-state index contributed by atoms with van der Waals surface area (Å²) in [7, 11) is 0. The molecule has 0 saturated carbocycles. The van der Waals surface area contributed by atoms with Crippen LogP contribution in [0, 0.1) is 5.92 Å². The lowest BCUT2D eigenvalue weighted by molar-refractivity contribution is -0.123. The SMILES string of the molecule is C=CC1=CCC2C(=O)N(c3cccc(Cl)c3)C(=O)C2(c2ccccc2)C1c1ccc(O)c2ccccc12. The minimum Gasteiger partial charge on any atom is -0.507 e. The Kier molecular flexibility index (Phi) is 5.50. The van der Waals surface area contributed by atoms with Gasteiger partial charge in [-0.25, -0.2) is 4.90 Å². The zero-order chi connectivity index (χ0) is 25.7. The molecule has 0 bridgehead atoms. The van der Waals surface area contributed by atoms with Crippen molar-refractivity contribution in [2.75, 3.05) is 4.90 Å². The van der Waals surface area contributed by atoms with Crippen LogP contribution in [0.4, 0.5) is 5.69 Å². The van der Waals surface area contributed by atoms with E-state index in [0.29, 0.717) is 22.5 Å². The molecule has 1 aliphatic heterocycles. The number of phenols is 1. The molecule has 4 nitrogen and oxygen atoms in total. The van der Waals surface area contributed by atoms with E-state index in [4.69, 9.17) is 11.6 Å². The van der Waals surface area contributed by atoms with Gasteiger partial charge in [0.2, 0.25) is 11.8 Å². The monoisotopic (exact) mass is 505 g/mol. The van der Waals surface area contributed by atoms with Crippen molar-refractivity contribution in [2.45, 2.75) is 17.8 Å². The highest BCUT2D eigenvalue weighted by Crippen LogP contribution is 2.59. The Hall–Kier alpha value is -4.15. The third-order valence-electron chi connectivity index (χ3n) is 7.80. The largest absolute Gasteiger partial charge is 0.507 e. The molecule has 182 valence electrons. The van der Waals surface area contributed by atoms with E-state index in [-0.39, 0.29) is 17.6 Å². The van der Waals surface area contributed by atoms with Gasteiger partial charge in [-0.05, 0) is 52.8 Å². The highest BCUT2D eigenvalue weighted by Gasteiger charge is 2.65. The van der Waals surface area contributed by atoms with E-state index in [9.17, 15) is 14.7 Å². The maximum Gasteiger partial charge on any atom is 0.246 e. The summed E-state index contributed by atoms with van der Waals surface area (Å²) >= 11 is 6.28. The Morgan fingerprint density at radius 2 is 1.65 bits per heavy atom. The molecular weight excluding hydrogens is 482 g/mol. The molecule has 5 heteroatoms. The number of nitrogens with zero attached hydrogens (tertiary/aromatic N) is 1. The smallest absolute Gasteiger partial charge is 0.246 e. The van der Waals surface area contributed by atoms with Crippen molar-refractivity contribution in [2.24, 2.45) is 5.92 Å². The van der Waals surface area contributed by atoms with Crippen LogP contribution < -0.4 is 4.90 Å². The maximum atomic E-state index is 14.8. The predicted octanol–water partition coefficient (Wildman–Crippen LogP) is 6.93. The van der Waals surface area contributed by atoms with Crippen molar-refractivity contribution >= 4 is 39.9 Å². The van der Waals surface area contributed by atoms with E-state index < -0.39 is 17.3 Å². The number of aromatic hydroxyl groups is 1. The lowest BCUT2D eigenvalue weighted by atomic mass is 9.55. The molecule has 6 rings (SSSR count). The fourth-order valence-corrected chi connectivity index (χ4v) is 6.46. The number of phenolic OH excluding ortho intramolecular Hbond substituents is 1. The molecule has 3 unspecified atom stereocenters. The number of hydrogen-bond acceptors (Lipinski definition) is 3. The summed E-state index contributed by atoms with van der Waals surface area (Å²) in [4.78, 5) is 30.2. The van der Waals surface area contributed by atoms with Crippen LogP contribution in [0.5, 0.6) is 5.75 Å². The lowest BCUT2D eigenvalue weighted by Crippen LogP contribution is -2.48. The normalized spacial score (nSPS) is 23.2. The van der Waals surface area contributed by atoms with Gasteiger partial charge in [0, 0.05) is 16.3 Å². The molecule has 0 radical (unpaired) electrons. The van der Waals surface area contributed by atoms with Crippen molar-refractivity contribution in [1.82, 2.24) is 0 Å². The summed E-state index contributed by atoms with van der Waals surface area (Å²) < 4.78 is 0. The first-order valence-electron chi connectivity index (χ1n) is 12.2. The van der Waals surface area contributed by atoms with Crippen molar-refractivity contribution in [3.8, 4) is 5.75 Å². The number of amides is 2. The minimum atomic E-state index is -1.21. The molecule has 3 atom stereocenters. The number of benzene rings is 4. The van der Waals surface area contributed by atoms with Crippen molar-refractivity contribution in [1.29, 1.82) is 0 Å². The highest BCUT2D eigenvalue weighted by molar-refractivity contribution is 6.32. The Bertz CT molecular complexity index is 1610. The molecule has 1 fully saturated rings. The van der Waals surface area contributed by atoms with Gasteiger partial charge < -0.3 is 5.11 Å². The third kappa shape index (κ3) is 3.29. The number of carbonyl (C=O) groups is 2. The number of halogens is 1. The third-order valence-corrected chi connectivity index (χ3v) is 8.04. The van der Waals surface area contributed by atoms with E-state index in [2.05, 4.69) is 6.58 Å². The van der Waals surface area contributed by atoms with Crippen LogP contribution in [0.3, 0.4) is 0 Å². The molecule has 4 aromatic rings. The zero-order valence-corrected chi connectivity index (χ0v) is 20.7. The average Bonchev–Trinajstić information content (AvgIpc) is 3.16. The Balaban J connectivity index is 1.69. The van der Waals surface area contributed by atoms with Crippen molar-refractivity contribution in [3.05, 3.63) is 131 Å². The van der Waals surface area contributed by atoms with E-state index in [1.165, 1.54) is 4.90 Å². The van der Waals surface area contributed by atoms with Gasteiger partial charge in [-0.2, -0.15) is 0 Å². The topological polar surface area (TPSA) is 57.6 Å². The first-order valence-corrected chi connectivity index (χ1v) is 12.6. The highest BCUT2D eigenvalue weighted by atomic mass is 35.5. The number of hydrogen-bond donors (Lipinski definition) is 1. The van der Waals surface area contributed by atoms with Gasteiger partial charge in [0.25, 0.3) is 0 Å². The van der Waals surface area contributed by atoms with Crippen LogP contribution in [0.2, 0.25) is 5.02 Å². The fraction of sp³-hybridized carbons (Fsp3) is 0.125. The van der Waals surface area contributed by atoms with E-state index >= 15 is 0 Å². The van der Waals surface area contributed by atoms with Gasteiger partial charge in [0.15, 0.2) is 0 Å². The number of anilines is 1. The number of carbonyl (C=O) groups excluding carboxylic acids is 2. The van der Waals surface area contributed by atoms with E-state index in [0.717, 1.165) is 22.1 Å². The van der Waals surface area contributed by atoms with Crippen LogP contribution in [-0.4, -0.2) is 16.9 Å². The first kappa shape index (κ1) is 23.3. The van der Waals surface area contributed by atoms with Gasteiger partial charge in [-0.1, -0.05) is 97.1 Å². The Morgan fingerprint density at radius 1 is 0.919 bits per heavy atom. The average molecular weight is 506 g/mol. The fourth-order valence-electron chi connectivity index (χ4n) is 6.28. The van der Waals surface area contributed by atoms with Crippen LogP contribution in [0.25, 0.3) is 10.8 Å². The summed E-state index contributed by atoms with van der Waals surface area (Å²) in [5.41, 5.74) is 1.77. The van der Waals surface area contributed by atoms with Crippen molar-refractivity contribution in [3.63, 3.8) is 0 Å². The molecular formula is C32H24ClNO3. The summed E-state index contributed by atoms with van der Waals surface area (Å²) in [6.07, 6.45) is 4.22. The molecule has 4 aromatic carbocycles. The second-order valence-electron chi connectivity index (χ2n) is 9.54. The molecule has 2 aliphatic rings. The van der Waals surface area contributed by atoms with Crippen LogP contribution in [0.15, 0.2) is 115 Å². The van der Waals surface area contributed by atoms with Gasteiger partial charge in [-0.3, -0.25) is 9.59 Å². The van der Waals surface area contributed by atoms with Crippen LogP contribution in [0.1, 0.15) is 23.5 Å². The van der Waals surface area contributed by atoms with Crippen LogP contribution in [-0.2, 0) is 15.0 Å². The molecule has 1 saturated heterocycles. The van der Waals surface area contributed by atoms with Gasteiger partial charge in [-0.15, -0.1) is 0 Å². The Morgan fingerprint density at radius 3 is 2.38 bits per heavy atom. The standard InChI is InChI=1S/C32H24ClNO3/c1-2-20-15-17-27-30(36)34(23-12-8-11-22(33)19-23)31(37)32(27,21-9-4-3-5-10-21)29(20)26-16-18-28(35)25-14-7-6-13-24(25)26/h2-16,18-19,27,29,35H,1,17H2. The number of fused-ring (bicyclic) bond motifs is 2. The van der Waals surface area contributed by atoms with Gasteiger partial charge >= 0.3 is 0 Å². The second-order valence-corrected chi connectivity index (χ2v) is 9.98. The molecule has 0 spiro atoms. The molecule has 1 N–H and O–H groups in total. The molecule has 1 aliphatic carbocycles. The number of rotatable bonds is 4. The summed E-state index contributed by atoms with van der Waals surface area (Å²) in [5, 5.41) is 12.6. The zero-order valence-electron chi connectivity index (χ0n) is 20.0. The van der Waals surface area contributed by atoms with Crippen LogP contribution >= 0.6 is 11.6 Å². The second kappa shape index (κ2) is 8.75. The summed E-state index contributed by atoms with van der Waals surface area (Å²) in [6.45, 7) is 4.08. The van der Waals surface area contributed by atoms with E-state index in [1.54, 1.807) is 36.4 Å². The molecule has 1 heterocycles. The van der Waals surface area contributed by atoms with Gasteiger partial charge in [0.1, 0.15) is 5.75 Å². The van der Waals surface area contributed by atoms with Gasteiger partial charge in [0.05, 0.1) is 17.0 Å². The lowest BCUT2D eigenvalue weighted by Gasteiger charge is -2.43. The quantitative estimate of drug-likeness (QED) is 0.306. The minimum absolute atomic E-state index is 0.166. The Labute approximate surface area is 220 Å². The van der Waals surface area contributed by atoms with E-state index in [1.807, 2.05) is 66.7 Å². The van der Waals surface area contributed by atoms with Crippen molar-refractivity contribution < 1.29 is 14.7 Å². The summed E-state index contributed by atoms with van der Waals surface area (Å²) in [5.74, 6) is -1.49.